The average molecular weight is 209 g/mol. The van der Waals surface area contributed by atoms with E-state index >= 15 is 0 Å². The Bertz CT molecular complexity index is 302. The lowest BCUT2D eigenvalue weighted by atomic mass is 10.3. The summed E-state index contributed by atoms with van der Waals surface area (Å²) in [5.74, 6) is 0.838. The highest BCUT2D eigenvalue weighted by Crippen LogP contribution is 2.20. The zero-order chi connectivity index (χ0) is 11.3. The molecule has 0 saturated heterocycles. The Morgan fingerprint density at radius 1 is 1.53 bits per heavy atom. The summed E-state index contributed by atoms with van der Waals surface area (Å²) in [6, 6.07) is 4.07. The molecule has 1 rings (SSSR count). The molecule has 4 nitrogen and oxygen atoms in total. The normalized spacial score (nSPS) is 10.7. The molecule has 0 amide bonds. The van der Waals surface area contributed by atoms with Gasteiger partial charge in [-0.25, -0.2) is 4.98 Å². The predicted octanol–water partition coefficient (Wildman–Crippen LogP) is 1.53. The molecule has 1 aromatic rings. The molecule has 0 unspecified atom stereocenters. The highest BCUT2D eigenvalue weighted by Gasteiger charge is 2.13. The Morgan fingerprint density at radius 3 is 2.80 bits per heavy atom. The molecule has 4 heteroatoms. The van der Waals surface area contributed by atoms with Gasteiger partial charge in [0.05, 0.1) is 12.3 Å². The Morgan fingerprint density at radius 2 is 2.27 bits per heavy atom. The molecular weight excluding hydrogens is 190 g/mol. The number of rotatable bonds is 5. The van der Waals surface area contributed by atoms with Crippen LogP contribution in [0.3, 0.4) is 0 Å². The number of methoxy groups -OCH3 is 1. The number of pyridine rings is 1. The van der Waals surface area contributed by atoms with E-state index < -0.39 is 0 Å². The molecule has 0 radical (unpaired) electrons. The molecule has 84 valence electrons. The van der Waals surface area contributed by atoms with E-state index in [1.807, 2.05) is 12.1 Å². The van der Waals surface area contributed by atoms with E-state index in [1.165, 1.54) is 0 Å². The van der Waals surface area contributed by atoms with Gasteiger partial charge in [-0.15, -0.1) is 0 Å². The van der Waals surface area contributed by atoms with Crippen LogP contribution in [0.1, 0.15) is 13.8 Å². The molecule has 15 heavy (non-hydrogen) atoms. The molecule has 0 aliphatic carbocycles. The van der Waals surface area contributed by atoms with Crippen molar-refractivity contribution in [3.8, 4) is 0 Å². The maximum Gasteiger partial charge on any atom is 0.152 e. The highest BCUT2D eigenvalue weighted by atomic mass is 16.5. The summed E-state index contributed by atoms with van der Waals surface area (Å²) < 4.78 is 5.07. The largest absolute Gasteiger partial charge is 0.396 e. The number of anilines is 2. The van der Waals surface area contributed by atoms with Gasteiger partial charge in [0, 0.05) is 25.9 Å². The van der Waals surface area contributed by atoms with Crippen LogP contribution in [0.25, 0.3) is 0 Å². The van der Waals surface area contributed by atoms with Crippen LogP contribution in [0.5, 0.6) is 0 Å². The molecule has 0 aromatic carbocycles. The summed E-state index contributed by atoms with van der Waals surface area (Å²) in [4.78, 5) is 6.44. The summed E-state index contributed by atoms with van der Waals surface area (Å²) in [5.41, 5.74) is 6.60. The molecule has 0 aliphatic rings. The third-order valence-electron chi connectivity index (χ3n) is 2.25. The fourth-order valence-corrected chi connectivity index (χ4v) is 1.45. The quantitative estimate of drug-likeness (QED) is 0.799. The van der Waals surface area contributed by atoms with Gasteiger partial charge in [0.15, 0.2) is 5.82 Å². The zero-order valence-electron chi connectivity index (χ0n) is 9.60. The second kappa shape index (κ2) is 5.56. The van der Waals surface area contributed by atoms with Crippen molar-refractivity contribution in [1.29, 1.82) is 0 Å². The van der Waals surface area contributed by atoms with Gasteiger partial charge in [-0.2, -0.15) is 0 Å². The van der Waals surface area contributed by atoms with Crippen molar-refractivity contribution in [1.82, 2.24) is 4.98 Å². The van der Waals surface area contributed by atoms with E-state index in [9.17, 15) is 0 Å². The first-order chi connectivity index (χ1) is 7.16. The number of hydrogen-bond acceptors (Lipinski definition) is 4. The zero-order valence-corrected chi connectivity index (χ0v) is 9.60. The fraction of sp³-hybridized carbons (Fsp3) is 0.545. The smallest absolute Gasteiger partial charge is 0.152 e. The van der Waals surface area contributed by atoms with Gasteiger partial charge in [-0.05, 0) is 26.0 Å². The van der Waals surface area contributed by atoms with Gasteiger partial charge in [-0.3, -0.25) is 0 Å². The first kappa shape index (κ1) is 11.8. The number of nitrogens with two attached hydrogens (primary N) is 1. The van der Waals surface area contributed by atoms with Gasteiger partial charge < -0.3 is 15.4 Å². The van der Waals surface area contributed by atoms with Crippen LogP contribution in [0.2, 0.25) is 0 Å². The Balaban J connectivity index is 2.84. The van der Waals surface area contributed by atoms with Crippen LogP contribution < -0.4 is 10.6 Å². The van der Waals surface area contributed by atoms with Crippen LogP contribution in [0, 0.1) is 0 Å². The maximum absolute atomic E-state index is 5.89. The molecule has 0 saturated carbocycles. The summed E-state index contributed by atoms with van der Waals surface area (Å²) in [6.07, 6.45) is 1.76. The van der Waals surface area contributed by atoms with E-state index in [-0.39, 0.29) is 0 Å². The second-order valence-corrected chi connectivity index (χ2v) is 3.70. The van der Waals surface area contributed by atoms with Crippen LogP contribution >= 0.6 is 0 Å². The standard InChI is InChI=1S/C11H19N3O/c1-9(2)14(7-8-15-3)11-10(12)5-4-6-13-11/h4-6,9H,7-8,12H2,1-3H3. The van der Waals surface area contributed by atoms with Gasteiger partial charge in [0.2, 0.25) is 0 Å². The topological polar surface area (TPSA) is 51.4 Å². The highest BCUT2D eigenvalue weighted by molar-refractivity contribution is 5.62. The molecule has 1 aromatic heterocycles. The SMILES string of the molecule is COCCN(c1ncccc1N)C(C)C. The summed E-state index contributed by atoms with van der Waals surface area (Å²) in [6.45, 7) is 5.71. The van der Waals surface area contributed by atoms with Crippen LogP contribution in [-0.2, 0) is 4.74 Å². The summed E-state index contributed by atoms with van der Waals surface area (Å²) in [5, 5.41) is 0. The summed E-state index contributed by atoms with van der Waals surface area (Å²) in [7, 11) is 1.69. The van der Waals surface area contributed by atoms with Crippen LogP contribution in [0.15, 0.2) is 18.3 Å². The van der Waals surface area contributed by atoms with E-state index in [2.05, 4.69) is 23.7 Å². The van der Waals surface area contributed by atoms with E-state index in [0.29, 0.717) is 18.3 Å². The minimum absolute atomic E-state index is 0.359. The van der Waals surface area contributed by atoms with Crippen molar-refractivity contribution in [3.05, 3.63) is 18.3 Å². The second-order valence-electron chi connectivity index (χ2n) is 3.70. The molecule has 0 atom stereocenters. The maximum atomic E-state index is 5.89. The van der Waals surface area contributed by atoms with E-state index in [1.54, 1.807) is 13.3 Å². The Kier molecular flexibility index (Phi) is 4.37. The van der Waals surface area contributed by atoms with Crippen LogP contribution in [-0.4, -0.2) is 31.3 Å². The minimum atomic E-state index is 0.359. The first-order valence-electron chi connectivity index (χ1n) is 5.13. The molecule has 0 bridgehead atoms. The van der Waals surface area contributed by atoms with Crippen molar-refractivity contribution in [3.63, 3.8) is 0 Å². The molecule has 0 aliphatic heterocycles. The fourth-order valence-electron chi connectivity index (χ4n) is 1.45. The van der Waals surface area contributed by atoms with Crippen LogP contribution in [0.4, 0.5) is 11.5 Å². The summed E-state index contributed by atoms with van der Waals surface area (Å²) >= 11 is 0. The van der Waals surface area contributed by atoms with Crippen molar-refractivity contribution < 1.29 is 4.74 Å². The average Bonchev–Trinajstić information content (AvgIpc) is 2.20. The lowest BCUT2D eigenvalue weighted by Crippen LogP contribution is -2.35. The Labute approximate surface area is 91.1 Å². The van der Waals surface area contributed by atoms with Crippen molar-refractivity contribution in [2.45, 2.75) is 19.9 Å². The molecule has 1 heterocycles. The van der Waals surface area contributed by atoms with E-state index in [0.717, 1.165) is 12.4 Å². The number of nitrogen functional groups attached to an aromatic ring is 1. The molecule has 2 N–H and O–H groups in total. The van der Waals surface area contributed by atoms with Crippen molar-refractivity contribution in [2.24, 2.45) is 0 Å². The molecule has 0 fully saturated rings. The van der Waals surface area contributed by atoms with Gasteiger partial charge in [-0.1, -0.05) is 0 Å². The van der Waals surface area contributed by atoms with Gasteiger partial charge in [0.1, 0.15) is 0 Å². The number of ether oxygens (including phenoxy) is 1. The van der Waals surface area contributed by atoms with Gasteiger partial charge in [0.25, 0.3) is 0 Å². The minimum Gasteiger partial charge on any atom is -0.396 e. The lowest BCUT2D eigenvalue weighted by molar-refractivity contribution is 0.203. The first-order valence-corrected chi connectivity index (χ1v) is 5.13. The molecule has 0 spiro atoms. The third-order valence-corrected chi connectivity index (χ3v) is 2.25. The van der Waals surface area contributed by atoms with Crippen molar-refractivity contribution >= 4 is 11.5 Å². The number of hydrogen-bond donors (Lipinski definition) is 1. The molecular formula is C11H19N3O. The van der Waals surface area contributed by atoms with E-state index in [4.69, 9.17) is 10.5 Å². The monoisotopic (exact) mass is 209 g/mol. The number of nitrogens with zero attached hydrogens (tertiary/aromatic N) is 2. The predicted molar refractivity (Wildman–Crippen MR) is 63.0 cm³/mol. The Hall–Kier alpha value is -1.29. The third kappa shape index (κ3) is 3.09. The lowest BCUT2D eigenvalue weighted by Gasteiger charge is -2.28. The van der Waals surface area contributed by atoms with Crippen molar-refractivity contribution in [2.75, 3.05) is 30.9 Å². The number of aromatic nitrogens is 1. The van der Waals surface area contributed by atoms with Gasteiger partial charge >= 0.3 is 0 Å².